The van der Waals surface area contributed by atoms with Crippen LogP contribution < -0.4 is 0 Å². The van der Waals surface area contributed by atoms with Crippen molar-refractivity contribution >= 4 is 6.29 Å². The van der Waals surface area contributed by atoms with Crippen LogP contribution in [0.25, 0.3) is 0 Å². The number of carbonyl (C=O) groups excluding carboxylic acids is 1. The molecule has 1 rings (SSSR count). The SMILES string of the molecule is COC1=CCCC=C1C=O. The fourth-order valence-electron chi connectivity index (χ4n) is 0.979. The lowest BCUT2D eigenvalue weighted by Gasteiger charge is -2.08. The van der Waals surface area contributed by atoms with Gasteiger partial charge in [0.2, 0.25) is 0 Å². The van der Waals surface area contributed by atoms with Crippen molar-refractivity contribution in [3.8, 4) is 0 Å². The Balaban J connectivity index is 2.76. The summed E-state index contributed by atoms with van der Waals surface area (Å²) in [7, 11) is 1.58. The topological polar surface area (TPSA) is 26.3 Å². The van der Waals surface area contributed by atoms with Crippen LogP contribution in [0.4, 0.5) is 0 Å². The molecule has 0 fully saturated rings. The molecule has 0 saturated heterocycles. The van der Waals surface area contributed by atoms with E-state index < -0.39 is 0 Å². The quantitative estimate of drug-likeness (QED) is 0.539. The summed E-state index contributed by atoms with van der Waals surface area (Å²) in [4.78, 5) is 10.3. The lowest BCUT2D eigenvalue weighted by Crippen LogP contribution is -1.97. The maximum atomic E-state index is 10.3. The van der Waals surface area contributed by atoms with E-state index in [-0.39, 0.29) is 0 Å². The van der Waals surface area contributed by atoms with Gasteiger partial charge in [-0.25, -0.2) is 0 Å². The van der Waals surface area contributed by atoms with Gasteiger partial charge in [-0.2, -0.15) is 0 Å². The Kier molecular flexibility index (Phi) is 2.26. The van der Waals surface area contributed by atoms with Crippen LogP contribution in [0.1, 0.15) is 12.8 Å². The Morgan fingerprint density at radius 1 is 1.50 bits per heavy atom. The van der Waals surface area contributed by atoms with Crippen LogP contribution in [0, 0.1) is 0 Å². The average Bonchev–Trinajstić information content (AvgIpc) is 2.04. The monoisotopic (exact) mass is 138 g/mol. The zero-order valence-corrected chi connectivity index (χ0v) is 5.96. The smallest absolute Gasteiger partial charge is 0.153 e. The molecule has 2 heteroatoms. The van der Waals surface area contributed by atoms with Crippen LogP contribution in [0.3, 0.4) is 0 Å². The predicted molar refractivity (Wildman–Crippen MR) is 38.5 cm³/mol. The zero-order chi connectivity index (χ0) is 7.40. The molecule has 0 aliphatic heterocycles. The van der Waals surface area contributed by atoms with Crippen molar-refractivity contribution < 1.29 is 9.53 Å². The van der Waals surface area contributed by atoms with Crippen LogP contribution >= 0.6 is 0 Å². The van der Waals surface area contributed by atoms with Gasteiger partial charge in [-0.15, -0.1) is 0 Å². The molecular formula is C8H10O2. The highest BCUT2D eigenvalue weighted by molar-refractivity contribution is 5.79. The van der Waals surface area contributed by atoms with Gasteiger partial charge >= 0.3 is 0 Å². The van der Waals surface area contributed by atoms with Gasteiger partial charge in [0.05, 0.1) is 12.7 Å². The highest BCUT2D eigenvalue weighted by Crippen LogP contribution is 2.16. The van der Waals surface area contributed by atoms with Crippen LogP contribution in [-0.4, -0.2) is 13.4 Å². The second kappa shape index (κ2) is 3.20. The summed E-state index contributed by atoms with van der Waals surface area (Å²) in [6.45, 7) is 0. The van der Waals surface area contributed by atoms with E-state index in [0.29, 0.717) is 11.3 Å². The molecule has 1 aliphatic rings. The number of aldehydes is 1. The number of rotatable bonds is 2. The Labute approximate surface area is 60.2 Å². The normalized spacial score (nSPS) is 17.3. The van der Waals surface area contributed by atoms with E-state index in [2.05, 4.69) is 0 Å². The number of ether oxygens (including phenoxy) is 1. The molecule has 10 heavy (non-hydrogen) atoms. The minimum absolute atomic E-state index is 0.675. The Hall–Kier alpha value is -1.05. The van der Waals surface area contributed by atoms with E-state index in [0.717, 1.165) is 19.1 Å². The van der Waals surface area contributed by atoms with E-state index in [9.17, 15) is 4.79 Å². The molecule has 1 aliphatic carbocycles. The molecule has 54 valence electrons. The molecule has 0 heterocycles. The minimum atomic E-state index is 0.675. The molecule has 0 N–H and O–H groups in total. The van der Waals surface area contributed by atoms with Crippen LogP contribution in [0.5, 0.6) is 0 Å². The van der Waals surface area contributed by atoms with E-state index in [1.807, 2.05) is 12.2 Å². The number of carbonyl (C=O) groups is 1. The zero-order valence-electron chi connectivity index (χ0n) is 5.96. The standard InChI is InChI=1S/C8H10O2/c1-10-8-5-3-2-4-7(8)6-9/h4-6H,2-3H2,1H3. The van der Waals surface area contributed by atoms with E-state index in [1.165, 1.54) is 0 Å². The first-order chi connectivity index (χ1) is 4.88. The van der Waals surface area contributed by atoms with Gasteiger partial charge in [-0.3, -0.25) is 4.79 Å². The summed E-state index contributed by atoms with van der Waals surface area (Å²) in [5, 5.41) is 0. The van der Waals surface area contributed by atoms with Gasteiger partial charge in [-0.1, -0.05) is 6.08 Å². The largest absolute Gasteiger partial charge is 0.496 e. The molecule has 0 unspecified atom stereocenters. The predicted octanol–water partition coefficient (Wildman–Crippen LogP) is 1.44. The first kappa shape index (κ1) is 7.06. The maximum absolute atomic E-state index is 10.3. The summed E-state index contributed by atoms with van der Waals surface area (Å²) in [5.74, 6) is 0.709. The van der Waals surface area contributed by atoms with Crippen molar-refractivity contribution in [2.75, 3.05) is 7.11 Å². The van der Waals surface area contributed by atoms with Crippen LogP contribution in [0.15, 0.2) is 23.5 Å². The summed E-state index contributed by atoms with van der Waals surface area (Å²) in [6, 6.07) is 0. The van der Waals surface area contributed by atoms with Crippen molar-refractivity contribution in [2.24, 2.45) is 0 Å². The van der Waals surface area contributed by atoms with Crippen molar-refractivity contribution in [2.45, 2.75) is 12.8 Å². The van der Waals surface area contributed by atoms with Gasteiger partial charge < -0.3 is 4.74 Å². The number of hydrogen-bond acceptors (Lipinski definition) is 2. The van der Waals surface area contributed by atoms with Crippen molar-refractivity contribution in [1.82, 2.24) is 0 Å². The maximum Gasteiger partial charge on any atom is 0.153 e. The Morgan fingerprint density at radius 3 is 2.70 bits per heavy atom. The third-order valence-corrected chi connectivity index (χ3v) is 1.49. The van der Waals surface area contributed by atoms with Crippen LogP contribution in [0.2, 0.25) is 0 Å². The molecule has 0 spiro atoms. The molecule has 0 radical (unpaired) electrons. The summed E-state index contributed by atoms with van der Waals surface area (Å²) < 4.78 is 4.96. The fraction of sp³-hybridized carbons (Fsp3) is 0.375. The molecule has 0 saturated carbocycles. The van der Waals surface area contributed by atoms with Crippen LogP contribution in [-0.2, 0) is 9.53 Å². The third-order valence-electron chi connectivity index (χ3n) is 1.49. The molecule has 0 aromatic carbocycles. The van der Waals surface area contributed by atoms with Gasteiger partial charge in [0.1, 0.15) is 5.76 Å². The van der Waals surface area contributed by atoms with Crippen molar-refractivity contribution in [1.29, 1.82) is 0 Å². The van der Waals surface area contributed by atoms with Gasteiger partial charge in [0.25, 0.3) is 0 Å². The third kappa shape index (κ3) is 1.26. The molecule has 0 atom stereocenters. The number of methoxy groups -OCH3 is 1. The molecular weight excluding hydrogens is 128 g/mol. The lowest BCUT2D eigenvalue weighted by molar-refractivity contribution is -0.105. The molecule has 0 bridgehead atoms. The van der Waals surface area contributed by atoms with Crippen molar-refractivity contribution in [3.05, 3.63) is 23.5 Å². The summed E-state index contributed by atoms with van der Waals surface area (Å²) >= 11 is 0. The molecule has 0 amide bonds. The molecule has 0 aromatic heterocycles. The van der Waals surface area contributed by atoms with E-state index in [1.54, 1.807) is 7.11 Å². The van der Waals surface area contributed by atoms with E-state index in [4.69, 9.17) is 4.74 Å². The van der Waals surface area contributed by atoms with Gasteiger partial charge in [0, 0.05) is 0 Å². The van der Waals surface area contributed by atoms with Crippen molar-refractivity contribution in [3.63, 3.8) is 0 Å². The second-order valence-electron chi connectivity index (χ2n) is 2.13. The first-order valence-corrected chi connectivity index (χ1v) is 3.28. The molecule has 2 nitrogen and oxygen atoms in total. The fourth-order valence-corrected chi connectivity index (χ4v) is 0.979. The Morgan fingerprint density at radius 2 is 2.20 bits per heavy atom. The van der Waals surface area contributed by atoms with E-state index >= 15 is 0 Å². The Bertz CT molecular complexity index is 189. The number of allylic oxidation sites excluding steroid dienone is 3. The highest BCUT2D eigenvalue weighted by atomic mass is 16.5. The first-order valence-electron chi connectivity index (χ1n) is 3.28. The summed E-state index contributed by atoms with van der Waals surface area (Å²) in [5.41, 5.74) is 0.675. The highest BCUT2D eigenvalue weighted by Gasteiger charge is 2.06. The summed E-state index contributed by atoms with van der Waals surface area (Å²) in [6.07, 6.45) is 6.57. The van der Waals surface area contributed by atoms with Gasteiger partial charge in [-0.05, 0) is 18.9 Å². The average molecular weight is 138 g/mol. The minimum Gasteiger partial charge on any atom is -0.496 e. The lowest BCUT2D eigenvalue weighted by atomic mass is 10.1. The number of hydrogen-bond donors (Lipinski definition) is 0. The van der Waals surface area contributed by atoms with Gasteiger partial charge in [0.15, 0.2) is 6.29 Å². The molecule has 0 aromatic rings. The second-order valence-corrected chi connectivity index (χ2v) is 2.13.